The average molecular weight is 256 g/mol. The first-order valence-corrected chi connectivity index (χ1v) is 5.70. The Kier molecular flexibility index (Phi) is 2.75. The minimum Gasteiger partial charge on any atom is -0.497 e. The molecular formula is C13H12N4O2. The number of imidazole rings is 1. The van der Waals surface area contributed by atoms with Crippen LogP contribution >= 0.6 is 0 Å². The van der Waals surface area contributed by atoms with Gasteiger partial charge in [-0.2, -0.15) is 10.2 Å². The summed E-state index contributed by atoms with van der Waals surface area (Å²) in [5.41, 5.74) is 2.46. The maximum atomic E-state index is 5.37. The molecule has 0 aliphatic heterocycles. The first-order valence-electron chi connectivity index (χ1n) is 5.70. The molecular weight excluding hydrogens is 244 g/mol. The van der Waals surface area contributed by atoms with Crippen molar-refractivity contribution in [3.8, 4) is 22.9 Å². The molecule has 1 aromatic carbocycles. The fourth-order valence-electron chi connectivity index (χ4n) is 1.90. The van der Waals surface area contributed by atoms with E-state index in [-0.39, 0.29) is 0 Å². The van der Waals surface area contributed by atoms with E-state index in [1.165, 1.54) is 0 Å². The van der Waals surface area contributed by atoms with Crippen LogP contribution in [0.2, 0.25) is 0 Å². The van der Waals surface area contributed by atoms with Gasteiger partial charge in [0.15, 0.2) is 0 Å². The smallest absolute Gasteiger partial charge is 0.142 e. The van der Waals surface area contributed by atoms with Gasteiger partial charge in [-0.15, -0.1) is 0 Å². The molecule has 19 heavy (non-hydrogen) atoms. The molecule has 0 fully saturated rings. The molecule has 6 heteroatoms. The third-order valence-electron chi connectivity index (χ3n) is 2.86. The van der Waals surface area contributed by atoms with E-state index in [9.17, 15) is 0 Å². The van der Waals surface area contributed by atoms with Gasteiger partial charge >= 0.3 is 0 Å². The van der Waals surface area contributed by atoms with Gasteiger partial charge in [-0.25, -0.2) is 4.98 Å². The number of nitrogens with zero attached hydrogens (tertiary/aromatic N) is 3. The summed E-state index contributed by atoms with van der Waals surface area (Å²) in [6.07, 6.45) is 3.26. The first kappa shape index (κ1) is 11.5. The highest BCUT2D eigenvalue weighted by Crippen LogP contribution is 2.32. The summed E-state index contributed by atoms with van der Waals surface area (Å²) in [5.74, 6) is 2.14. The van der Waals surface area contributed by atoms with E-state index in [1.54, 1.807) is 26.6 Å². The Hall–Kier alpha value is -2.63. The number of H-pyrrole nitrogens is 1. The number of rotatable bonds is 3. The molecule has 0 radical (unpaired) electrons. The Balaban J connectivity index is 2.15. The predicted octanol–water partition coefficient (Wildman–Crippen LogP) is 2.04. The van der Waals surface area contributed by atoms with Crippen molar-refractivity contribution in [2.75, 3.05) is 14.2 Å². The lowest BCUT2D eigenvalue weighted by Crippen LogP contribution is -1.91. The zero-order valence-electron chi connectivity index (χ0n) is 10.5. The van der Waals surface area contributed by atoms with Gasteiger partial charge in [0.25, 0.3) is 0 Å². The van der Waals surface area contributed by atoms with Crippen LogP contribution in [0.1, 0.15) is 0 Å². The minimum absolute atomic E-state index is 0.694. The minimum atomic E-state index is 0.694. The highest BCUT2D eigenvalue weighted by atomic mass is 16.5. The number of hydrogen-bond donors (Lipinski definition) is 1. The van der Waals surface area contributed by atoms with E-state index in [2.05, 4.69) is 20.2 Å². The Bertz CT molecular complexity index is 690. The van der Waals surface area contributed by atoms with Crippen LogP contribution < -0.4 is 9.47 Å². The number of benzene rings is 1. The van der Waals surface area contributed by atoms with Crippen molar-refractivity contribution in [3.63, 3.8) is 0 Å². The monoisotopic (exact) mass is 256 g/mol. The predicted molar refractivity (Wildman–Crippen MR) is 70.2 cm³/mol. The maximum absolute atomic E-state index is 5.37. The van der Waals surface area contributed by atoms with Gasteiger partial charge in [-0.05, 0) is 12.1 Å². The summed E-state index contributed by atoms with van der Waals surface area (Å²) in [6, 6.07) is 5.58. The van der Waals surface area contributed by atoms with Crippen molar-refractivity contribution >= 4 is 11.0 Å². The molecule has 3 rings (SSSR count). The second-order valence-electron chi connectivity index (χ2n) is 3.94. The average Bonchev–Trinajstić information content (AvgIpc) is 2.90. The lowest BCUT2D eigenvalue weighted by molar-refractivity contribution is 0.395. The van der Waals surface area contributed by atoms with Gasteiger partial charge < -0.3 is 14.5 Å². The Morgan fingerprint density at radius 2 is 1.89 bits per heavy atom. The Morgan fingerprint density at radius 3 is 2.63 bits per heavy atom. The van der Waals surface area contributed by atoms with E-state index >= 15 is 0 Å². The van der Waals surface area contributed by atoms with Crippen molar-refractivity contribution in [2.24, 2.45) is 0 Å². The highest BCUT2D eigenvalue weighted by Gasteiger charge is 2.11. The molecule has 0 unspecified atom stereocenters. The summed E-state index contributed by atoms with van der Waals surface area (Å²) in [4.78, 5) is 7.66. The number of fused-ring (bicyclic) bond motifs is 1. The van der Waals surface area contributed by atoms with Crippen LogP contribution in [0.4, 0.5) is 0 Å². The van der Waals surface area contributed by atoms with E-state index < -0.39 is 0 Å². The molecule has 96 valence electrons. The molecule has 1 N–H and O–H groups in total. The van der Waals surface area contributed by atoms with E-state index in [1.807, 2.05) is 18.2 Å². The van der Waals surface area contributed by atoms with E-state index in [4.69, 9.17) is 9.47 Å². The van der Waals surface area contributed by atoms with Crippen molar-refractivity contribution in [2.45, 2.75) is 0 Å². The van der Waals surface area contributed by atoms with Crippen LogP contribution in [-0.2, 0) is 0 Å². The molecule has 0 aliphatic rings. The molecule has 6 nitrogen and oxygen atoms in total. The lowest BCUT2D eigenvalue weighted by Gasteiger charge is -2.08. The number of ether oxygens (including phenoxy) is 2. The zero-order chi connectivity index (χ0) is 13.2. The second-order valence-corrected chi connectivity index (χ2v) is 3.94. The van der Waals surface area contributed by atoms with Crippen LogP contribution in [0, 0.1) is 0 Å². The van der Waals surface area contributed by atoms with Crippen LogP contribution in [0.3, 0.4) is 0 Å². The number of nitrogens with one attached hydrogen (secondary N) is 1. The highest BCUT2D eigenvalue weighted by molar-refractivity contribution is 5.79. The van der Waals surface area contributed by atoms with Gasteiger partial charge in [0.05, 0.1) is 37.7 Å². The van der Waals surface area contributed by atoms with Crippen molar-refractivity contribution in [1.82, 2.24) is 20.2 Å². The van der Waals surface area contributed by atoms with Crippen LogP contribution in [0.25, 0.3) is 22.4 Å². The number of hydrogen-bond acceptors (Lipinski definition) is 5. The molecule has 0 amide bonds. The normalized spacial score (nSPS) is 10.6. The summed E-state index contributed by atoms with van der Waals surface area (Å²) < 4.78 is 10.5. The number of aromatic amines is 1. The van der Waals surface area contributed by atoms with E-state index in [0.717, 1.165) is 22.3 Å². The third kappa shape index (κ3) is 1.97. The van der Waals surface area contributed by atoms with E-state index in [0.29, 0.717) is 11.6 Å². The maximum Gasteiger partial charge on any atom is 0.142 e. The van der Waals surface area contributed by atoms with Crippen molar-refractivity contribution in [3.05, 3.63) is 30.6 Å². The van der Waals surface area contributed by atoms with Gasteiger partial charge in [-0.3, -0.25) is 0 Å². The van der Waals surface area contributed by atoms with Crippen LogP contribution in [-0.4, -0.2) is 34.4 Å². The van der Waals surface area contributed by atoms with Gasteiger partial charge in [0.2, 0.25) is 0 Å². The van der Waals surface area contributed by atoms with Crippen LogP contribution in [0.5, 0.6) is 11.5 Å². The topological polar surface area (TPSA) is 72.9 Å². The third-order valence-corrected chi connectivity index (χ3v) is 2.86. The first-order chi connectivity index (χ1) is 9.31. The molecule has 0 aliphatic carbocycles. The zero-order valence-corrected chi connectivity index (χ0v) is 10.5. The molecule has 0 saturated heterocycles. The molecule has 2 heterocycles. The summed E-state index contributed by atoms with van der Waals surface area (Å²) >= 11 is 0. The van der Waals surface area contributed by atoms with Gasteiger partial charge in [0, 0.05) is 6.07 Å². The molecule has 0 bridgehead atoms. The Labute approximate surface area is 109 Å². The SMILES string of the molecule is COc1ccc(-c2nc3cnncc3[nH]2)c(OC)c1. The molecule has 0 spiro atoms. The number of methoxy groups -OCH3 is 2. The standard InChI is InChI=1S/C13H12N4O2/c1-18-8-3-4-9(12(5-8)19-2)13-16-10-6-14-15-7-11(10)17-13/h3-7H,1-2H3,(H,16,17). The second kappa shape index (κ2) is 4.56. The largest absolute Gasteiger partial charge is 0.497 e. The summed E-state index contributed by atoms with van der Waals surface area (Å²) in [6.45, 7) is 0. The molecule has 3 aromatic rings. The van der Waals surface area contributed by atoms with Gasteiger partial charge in [-0.1, -0.05) is 0 Å². The summed E-state index contributed by atoms with van der Waals surface area (Å²) in [5, 5.41) is 7.62. The van der Waals surface area contributed by atoms with Crippen LogP contribution in [0.15, 0.2) is 30.6 Å². The van der Waals surface area contributed by atoms with Gasteiger partial charge in [0.1, 0.15) is 22.8 Å². The fraction of sp³-hybridized carbons (Fsp3) is 0.154. The molecule has 0 atom stereocenters. The fourth-order valence-corrected chi connectivity index (χ4v) is 1.90. The summed E-state index contributed by atoms with van der Waals surface area (Å²) in [7, 11) is 3.23. The lowest BCUT2D eigenvalue weighted by atomic mass is 10.2. The van der Waals surface area contributed by atoms with Crippen molar-refractivity contribution < 1.29 is 9.47 Å². The van der Waals surface area contributed by atoms with Crippen molar-refractivity contribution in [1.29, 1.82) is 0 Å². The Morgan fingerprint density at radius 1 is 1.05 bits per heavy atom. The molecule has 2 aromatic heterocycles. The number of aromatic nitrogens is 4. The molecule has 0 saturated carbocycles. The quantitative estimate of drug-likeness (QED) is 0.776.